The zero-order valence-corrected chi connectivity index (χ0v) is 35.3. The van der Waals surface area contributed by atoms with Crippen LogP contribution in [0.4, 0.5) is 34.1 Å². The fraction of sp³-hybridized carbons (Fsp3) is 0. The van der Waals surface area contributed by atoms with Crippen LogP contribution >= 0.6 is 0 Å². The Morgan fingerprint density at radius 3 is 0.892 bits per heavy atom. The summed E-state index contributed by atoms with van der Waals surface area (Å²) in [5.74, 6) is 0. The van der Waals surface area contributed by atoms with E-state index in [1.807, 2.05) is 0 Å². The van der Waals surface area contributed by atoms with Crippen molar-refractivity contribution < 1.29 is 0 Å². The highest BCUT2D eigenvalue weighted by molar-refractivity contribution is 6.16. The summed E-state index contributed by atoms with van der Waals surface area (Å²) in [7, 11) is 0. The van der Waals surface area contributed by atoms with Gasteiger partial charge >= 0.3 is 0 Å². The van der Waals surface area contributed by atoms with Crippen LogP contribution in [0, 0.1) is 0 Å². The largest absolute Gasteiger partial charge is 0.309 e. The smallest absolute Gasteiger partial charge is 0.0783 e. The summed E-state index contributed by atoms with van der Waals surface area (Å²) >= 11 is 0. The van der Waals surface area contributed by atoms with Gasteiger partial charge in [-0.15, -0.1) is 0 Å². The molecule has 0 bridgehead atoms. The van der Waals surface area contributed by atoms with Crippen LogP contribution in [0.2, 0.25) is 0 Å². The molecule has 0 saturated heterocycles. The second-order valence-electron chi connectivity index (χ2n) is 16.9. The van der Waals surface area contributed by atoms with Crippen LogP contribution in [0.3, 0.4) is 0 Å². The SMILES string of the molecule is c1ccc2c(c1)N(c1ccc(-n3c4ccccc4c4ccccc43)cc1)c1ccccc1-n1c3ccccc3c3cccc(c31)N2c1ccc(-n2c3ccccc3c3ccccc32)cc1. The van der Waals surface area contributed by atoms with Gasteiger partial charge in [0.05, 0.1) is 61.5 Å². The minimum Gasteiger partial charge on any atom is -0.309 e. The van der Waals surface area contributed by atoms with E-state index in [0.717, 1.165) is 62.2 Å². The van der Waals surface area contributed by atoms with Gasteiger partial charge in [0.2, 0.25) is 0 Å². The minimum absolute atomic E-state index is 1.06. The predicted molar refractivity (Wildman–Crippen MR) is 272 cm³/mol. The van der Waals surface area contributed by atoms with Crippen molar-refractivity contribution in [2.24, 2.45) is 0 Å². The lowest BCUT2D eigenvalue weighted by Gasteiger charge is -2.32. The molecule has 13 aromatic rings. The second kappa shape index (κ2) is 13.9. The average Bonchev–Trinajstić information content (AvgIpc) is 4.02. The standard InChI is InChI=1S/C60H39N5/c1-6-22-50-44(16-1)45-17-2-7-23-51(45)61(50)40-32-36-42(37-33-40)63-55-27-11-12-28-56(55)64(43-38-34-41(35-39-43)62-52-24-8-3-18-46(52)47-19-4-9-25-53(47)62)59-31-15-21-49-48-20-5-10-26-54(48)65(60(49)59)58-30-14-13-29-57(58)63/h1-39H. The summed E-state index contributed by atoms with van der Waals surface area (Å²) in [5, 5.41) is 7.44. The van der Waals surface area contributed by atoms with Gasteiger partial charge < -0.3 is 23.5 Å². The number of hydrogen-bond donors (Lipinski definition) is 0. The molecule has 4 heterocycles. The first kappa shape index (κ1) is 35.8. The van der Waals surface area contributed by atoms with Crippen LogP contribution in [0.1, 0.15) is 0 Å². The zero-order valence-electron chi connectivity index (χ0n) is 35.3. The molecule has 304 valence electrons. The first-order valence-electron chi connectivity index (χ1n) is 22.3. The normalized spacial score (nSPS) is 12.6. The maximum atomic E-state index is 2.49. The van der Waals surface area contributed by atoms with Crippen molar-refractivity contribution in [2.45, 2.75) is 0 Å². The van der Waals surface area contributed by atoms with Gasteiger partial charge in [-0.25, -0.2) is 0 Å². The summed E-state index contributed by atoms with van der Waals surface area (Å²) in [6.07, 6.45) is 0. The molecule has 0 radical (unpaired) electrons. The molecule has 65 heavy (non-hydrogen) atoms. The summed E-state index contributed by atoms with van der Waals surface area (Å²) in [6, 6.07) is 86.5. The molecule has 0 saturated carbocycles. The molecule has 0 N–H and O–H groups in total. The molecule has 0 spiro atoms. The molecule has 5 nitrogen and oxygen atoms in total. The Hall–Kier alpha value is -8.80. The van der Waals surface area contributed by atoms with E-state index in [9.17, 15) is 0 Å². The molecule has 1 aliphatic rings. The molecule has 14 rings (SSSR count). The number of rotatable bonds is 4. The molecule has 0 unspecified atom stereocenters. The van der Waals surface area contributed by atoms with Gasteiger partial charge in [0, 0.05) is 55.1 Å². The van der Waals surface area contributed by atoms with Crippen LogP contribution < -0.4 is 9.80 Å². The minimum atomic E-state index is 1.06. The zero-order chi connectivity index (χ0) is 42.6. The molecule has 3 aromatic heterocycles. The topological polar surface area (TPSA) is 21.3 Å². The third kappa shape index (κ3) is 5.15. The van der Waals surface area contributed by atoms with Gasteiger partial charge in [0.1, 0.15) is 0 Å². The molecule has 0 amide bonds. The third-order valence-electron chi connectivity index (χ3n) is 13.5. The van der Waals surface area contributed by atoms with Crippen molar-refractivity contribution in [2.75, 3.05) is 9.80 Å². The average molecular weight is 830 g/mol. The van der Waals surface area contributed by atoms with Crippen molar-refractivity contribution >= 4 is 99.5 Å². The van der Waals surface area contributed by atoms with Gasteiger partial charge in [0.25, 0.3) is 0 Å². The van der Waals surface area contributed by atoms with Crippen molar-refractivity contribution in [1.29, 1.82) is 0 Å². The molecule has 1 aliphatic heterocycles. The van der Waals surface area contributed by atoms with E-state index in [1.54, 1.807) is 0 Å². The second-order valence-corrected chi connectivity index (χ2v) is 16.9. The highest BCUT2D eigenvalue weighted by Crippen LogP contribution is 2.52. The van der Waals surface area contributed by atoms with E-state index >= 15 is 0 Å². The lowest BCUT2D eigenvalue weighted by molar-refractivity contribution is 1.15. The Balaban J connectivity index is 1.02. The van der Waals surface area contributed by atoms with Crippen LogP contribution in [-0.2, 0) is 0 Å². The van der Waals surface area contributed by atoms with Gasteiger partial charge in [-0.3, -0.25) is 0 Å². The van der Waals surface area contributed by atoms with E-state index < -0.39 is 0 Å². The van der Waals surface area contributed by atoms with Gasteiger partial charge in [-0.05, 0) is 109 Å². The van der Waals surface area contributed by atoms with E-state index in [2.05, 4.69) is 260 Å². The molecule has 10 aromatic carbocycles. The lowest BCUT2D eigenvalue weighted by atomic mass is 10.1. The highest BCUT2D eigenvalue weighted by atomic mass is 15.2. The molecule has 0 fully saturated rings. The highest BCUT2D eigenvalue weighted by Gasteiger charge is 2.30. The Morgan fingerprint density at radius 1 is 0.185 bits per heavy atom. The molecule has 0 aliphatic carbocycles. The fourth-order valence-electron chi connectivity index (χ4n) is 10.8. The summed E-state index contributed by atoms with van der Waals surface area (Å²) in [4.78, 5) is 4.92. The van der Waals surface area contributed by atoms with Gasteiger partial charge in [0.15, 0.2) is 0 Å². The molecular weight excluding hydrogens is 791 g/mol. The van der Waals surface area contributed by atoms with E-state index in [0.29, 0.717) is 0 Å². The van der Waals surface area contributed by atoms with Gasteiger partial charge in [-0.1, -0.05) is 127 Å². The van der Waals surface area contributed by atoms with Crippen molar-refractivity contribution in [3.05, 3.63) is 237 Å². The molecule has 0 atom stereocenters. The summed E-state index contributed by atoms with van der Waals surface area (Å²) < 4.78 is 7.26. The quantitative estimate of drug-likeness (QED) is 0.176. The number of anilines is 6. The van der Waals surface area contributed by atoms with Crippen LogP contribution in [0.5, 0.6) is 0 Å². The maximum absolute atomic E-state index is 2.49. The number of aromatic nitrogens is 3. The maximum Gasteiger partial charge on any atom is 0.0783 e. The van der Waals surface area contributed by atoms with Crippen molar-refractivity contribution in [3.8, 4) is 17.1 Å². The Kier molecular flexibility index (Phi) is 7.62. The first-order valence-corrected chi connectivity index (χ1v) is 22.3. The fourth-order valence-corrected chi connectivity index (χ4v) is 10.8. The van der Waals surface area contributed by atoms with Crippen LogP contribution in [-0.4, -0.2) is 13.7 Å². The Morgan fingerprint density at radius 2 is 0.462 bits per heavy atom. The number of benzene rings is 10. The number of nitrogens with zero attached hydrogens (tertiary/aromatic N) is 5. The van der Waals surface area contributed by atoms with E-state index in [-0.39, 0.29) is 0 Å². The molecular formula is C60H39N5. The lowest BCUT2D eigenvalue weighted by Crippen LogP contribution is -2.17. The van der Waals surface area contributed by atoms with Crippen LogP contribution in [0.15, 0.2) is 237 Å². The first-order chi connectivity index (χ1) is 32.3. The van der Waals surface area contributed by atoms with Crippen molar-refractivity contribution in [1.82, 2.24) is 13.7 Å². The number of fused-ring (bicyclic) bond motifs is 12. The monoisotopic (exact) mass is 829 g/mol. The van der Waals surface area contributed by atoms with Crippen LogP contribution in [0.25, 0.3) is 82.5 Å². The Bertz CT molecular complexity index is 3910. The summed E-state index contributed by atoms with van der Waals surface area (Å²) in [6.45, 7) is 0. The third-order valence-corrected chi connectivity index (χ3v) is 13.5. The summed E-state index contributed by atoms with van der Waals surface area (Å²) in [5.41, 5.74) is 16.9. The van der Waals surface area contributed by atoms with Crippen molar-refractivity contribution in [3.63, 3.8) is 0 Å². The molecule has 5 heteroatoms. The van der Waals surface area contributed by atoms with E-state index in [1.165, 1.54) is 54.4 Å². The Labute approximate surface area is 375 Å². The van der Waals surface area contributed by atoms with Gasteiger partial charge in [-0.2, -0.15) is 0 Å². The van der Waals surface area contributed by atoms with E-state index in [4.69, 9.17) is 0 Å². The predicted octanol–water partition coefficient (Wildman–Crippen LogP) is 16.2. The number of para-hydroxylation sites is 10. The number of hydrogen-bond acceptors (Lipinski definition) is 2.